The molecule has 1 aromatic rings. The summed E-state index contributed by atoms with van der Waals surface area (Å²) in [6, 6.07) is 2.82. The van der Waals surface area contributed by atoms with Crippen LogP contribution in [0.3, 0.4) is 0 Å². The Balaban J connectivity index is 3.08. The molecule has 0 heterocycles. The minimum absolute atomic E-state index is 0.318. The normalized spacial score (nSPS) is 12.1. The SMILES string of the molecule is COc1c(C)cc(N(C)C(=O)C(N)CO)cc1C. The van der Waals surface area contributed by atoms with Crippen molar-refractivity contribution in [2.45, 2.75) is 19.9 Å². The van der Waals surface area contributed by atoms with Gasteiger partial charge in [0.25, 0.3) is 0 Å². The molecule has 1 aromatic carbocycles. The Morgan fingerprint density at radius 3 is 2.33 bits per heavy atom. The number of rotatable bonds is 4. The zero-order chi connectivity index (χ0) is 13.9. The predicted molar refractivity (Wildman–Crippen MR) is 70.9 cm³/mol. The van der Waals surface area contributed by atoms with Gasteiger partial charge < -0.3 is 20.5 Å². The van der Waals surface area contributed by atoms with Gasteiger partial charge in [0.15, 0.2) is 0 Å². The van der Waals surface area contributed by atoms with E-state index in [2.05, 4.69) is 0 Å². The Morgan fingerprint density at radius 2 is 1.94 bits per heavy atom. The van der Waals surface area contributed by atoms with Gasteiger partial charge in [-0.05, 0) is 37.1 Å². The van der Waals surface area contributed by atoms with Crippen molar-refractivity contribution < 1.29 is 14.6 Å². The maximum atomic E-state index is 11.9. The molecule has 0 aliphatic heterocycles. The van der Waals surface area contributed by atoms with Crippen LogP contribution >= 0.6 is 0 Å². The molecule has 0 saturated heterocycles. The van der Waals surface area contributed by atoms with Crippen LogP contribution in [0.15, 0.2) is 12.1 Å². The van der Waals surface area contributed by atoms with Crippen molar-refractivity contribution in [3.63, 3.8) is 0 Å². The first-order chi connectivity index (χ1) is 8.42. The van der Waals surface area contributed by atoms with E-state index < -0.39 is 6.04 Å². The first kappa shape index (κ1) is 14.5. The summed E-state index contributed by atoms with van der Waals surface area (Å²) in [7, 11) is 3.25. The molecule has 3 N–H and O–H groups in total. The van der Waals surface area contributed by atoms with Gasteiger partial charge in [0.2, 0.25) is 5.91 Å². The van der Waals surface area contributed by atoms with Crippen molar-refractivity contribution in [1.29, 1.82) is 0 Å². The largest absolute Gasteiger partial charge is 0.496 e. The molecule has 1 atom stereocenters. The molecule has 0 spiro atoms. The number of aryl methyl sites for hydroxylation is 2. The molecule has 0 aliphatic rings. The fraction of sp³-hybridized carbons (Fsp3) is 0.462. The van der Waals surface area contributed by atoms with Crippen molar-refractivity contribution in [2.75, 3.05) is 25.7 Å². The van der Waals surface area contributed by atoms with Crippen LogP contribution in [0.25, 0.3) is 0 Å². The zero-order valence-corrected chi connectivity index (χ0v) is 11.2. The summed E-state index contributed by atoms with van der Waals surface area (Å²) in [4.78, 5) is 13.3. The van der Waals surface area contributed by atoms with Crippen LogP contribution in [-0.4, -0.2) is 37.8 Å². The predicted octanol–water partition coefficient (Wildman–Crippen LogP) is 0.594. The van der Waals surface area contributed by atoms with E-state index in [9.17, 15) is 4.79 Å². The van der Waals surface area contributed by atoms with Crippen molar-refractivity contribution in [1.82, 2.24) is 0 Å². The average molecular weight is 252 g/mol. The third-order valence-corrected chi connectivity index (χ3v) is 2.88. The number of amides is 1. The summed E-state index contributed by atoms with van der Waals surface area (Å²) in [5, 5.41) is 8.90. The minimum atomic E-state index is -0.891. The van der Waals surface area contributed by atoms with E-state index in [1.54, 1.807) is 14.2 Å². The molecule has 5 nitrogen and oxygen atoms in total. The number of carbonyl (C=O) groups excluding carboxylic acids is 1. The fourth-order valence-electron chi connectivity index (χ4n) is 1.90. The van der Waals surface area contributed by atoms with Crippen molar-refractivity contribution in [2.24, 2.45) is 5.73 Å². The Morgan fingerprint density at radius 1 is 1.44 bits per heavy atom. The quantitative estimate of drug-likeness (QED) is 0.822. The summed E-state index contributed by atoms with van der Waals surface area (Å²) in [6.07, 6.45) is 0. The second-order valence-corrected chi connectivity index (χ2v) is 4.30. The number of nitrogens with two attached hydrogens (primary N) is 1. The smallest absolute Gasteiger partial charge is 0.246 e. The Labute approximate surface area is 107 Å². The summed E-state index contributed by atoms with van der Waals surface area (Å²) in [5.41, 5.74) is 8.15. The van der Waals surface area contributed by atoms with Gasteiger partial charge in [0.1, 0.15) is 11.8 Å². The number of likely N-dealkylation sites (N-methyl/N-ethyl adjacent to an activating group) is 1. The molecule has 0 bridgehead atoms. The molecule has 1 rings (SSSR count). The number of hydrogen-bond donors (Lipinski definition) is 2. The number of anilines is 1. The van der Waals surface area contributed by atoms with Gasteiger partial charge in [-0.1, -0.05) is 0 Å². The molecular weight excluding hydrogens is 232 g/mol. The summed E-state index contributed by atoms with van der Waals surface area (Å²) in [6.45, 7) is 3.47. The lowest BCUT2D eigenvalue weighted by Gasteiger charge is -2.22. The first-order valence-corrected chi connectivity index (χ1v) is 5.71. The van der Waals surface area contributed by atoms with Crippen molar-refractivity contribution >= 4 is 11.6 Å². The van der Waals surface area contributed by atoms with Crippen molar-refractivity contribution in [3.8, 4) is 5.75 Å². The summed E-state index contributed by atoms with van der Waals surface area (Å²) < 4.78 is 5.27. The third kappa shape index (κ3) is 2.80. The van der Waals surface area contributed by atoms with Gasteiger partial charge in [-0.15, -0.1) is 0 Å². The number of ether oxygens (including phenoxy) is 1. The molecule has 0 radical (unpaired) electrons. The lowest BCUT2D eigenvalue weighted by Crippen LogP contribution is -2.44. The molecule has 18 heavy (non-hydrogen) atoms. The van der Waals surface area contributed by atoms with Crippen LogP contribution in [0.1, 0.15) is 11.1 Å². The van der Waals surface area contributed by atoms with Gasteiger partial charge in [-0.2, -0.15) is 0 Å². The number of carbonyl (C=O) groups is 1. The van der Waals surface area contributed by atoms with Crippen LogP contribution in [0, 0.1) is 13.8 Å². The molecule has 0 fully saturated rings. The standard InChI is InChI=1S/C13H20N2O3/c1-8-5-10(6-9(2)12(8)18-4)15(3)13(17)11(14)7-16/h5-6,11,16H,7,14H2,1-4H3. The highest BCUT2D eigenvalue weighted by Crippen LogP contribution is 2.28. The molecule has 0 aliphatic carbocycles. The lowest BCUT2D eigenvalue weighted by molar-refractivity contribution is -0.120. The van der Waals surface area contributed by atoms with Crippen LogP contribution in [-0.2, 0) is 4.79 Å². The lowest BCUT2D eigenvalue weighted by atomic mass is 10.1. The highest BCUT2D eigenvalue weighted by atomic mass is 16.5. The highest BCUT2D eigenvalue weighted by molar-refractivity contribution is 5.96. The van der Waals surface area contributed by atoms with Crippen LogP contribution in [0.5, 0.6) is 5.75 Å². The maximum absolute atomic E-state index is 11.9. The van der Waals surface area contributed by atoms with E-state index in [-0.39, 0.29) is 12.5 Å². The van der Waals surface area contributed by atoms with Gasteiger partial charge in [-0.3, -0.25) is 4.79 Å². The summed E-state index contributed by atoms with van der Waals surface area (Å²) >= 11 is 0. The second-order valence-electron chi connectivity index (χ2n) is 4.30. The molecule has 1 unspecified atom stereocenters. The van der Waals surface area contributed by atoms with E-state index >= 15 is 0 Å². The van der Waals surface area contributed by atoms with E-state index in [0.717, 1.165) is 22.6 Å². The number of aliphatic hydroxyl groups excluding tert-OH is 1. The van der Waals surface area contributed by atoms with Crippen LogP contribution < -0.4 is 15.4 Å². The van der Waals surface area contributed by atoms with Crippen LogP contribution in [0.4, 0.5) is 5.69 Å². The summed E-state index contributed by atoms with van der Waals surface area (Å²) in [5.74, 6) is 0.493. The van der Waals surface area contributed by atoms with E-state index in [1.165, 1.54) is 4.90 Å². The number of benzene rings is 1. The number of methoxy groups -OCH3 is 1. The monoisotopic (exact) mass is 252 g/mol. The van der Waals surface area contributed by atoms with Gasteiger partial charge in [-0.25, -0.2) is 0 Å². The van der Waals surface area contributed by atoms with E-state index in [0.29, 0.717) is 0 Å². The topological polar surface area (TPSA) is 75.8 Å². The van der Waals surface area contributed by atoms with Gasteiger partial charge >= 0.3 is 0 Å². The maximum Gasteiger partial charge on any atom is 0.246 e. The fourth-order valence-corrected chi connectivity index (χ4v) is 1.90. The number of nitrogens with zero attached hydrogens (tertiary/aromatic N) is 1. The van der Waals surface area contributed by atoms with E-state index in [1.807, 2.05) is 26.0 Å². The van der Waals surface area contributed by atoms with Crippen molar-refractivity contribution in [3.05, 3.63) is 23.3 Å². The zero-order valence-electron chi connectivity index (χ0n) is 11.2. The van der Waals surface area contributed by atoms with E-state index in [4.69, 9.17) is 15.6 Å². The Kier molecular flexibility index (Phi) is 4.69. The van der Waals surface area contributed by atoms with Gasteiger partial charge in [0, 0.05) is 12.7 Å². The minimum Gasteiger partial charge on any atom is -0.496 e. The second kappa shape index (κ2) is 5.84. The average Bonchev–Trinajstić information content (AvgIpc) is 2.35. The molecule has 1 amide bonds. The first-order valence-electron chi connectivity index (χ1n) is 5.71. The molecule has 0 saturated carbocycles. The molecule has 5 heteroatoms. The number of hydrogen-bond acceptors (Lipinski definition) is 4. The third-order valence-electron chi connectivity index (χ3n) is 2.88. The Hall–Kier alpha value is -1.59. The number of aliphatic hydroxyl groups is 1. The highest BCUT2D eigenvalue weighted by Gasteiger charge is 2.19. The Bertz CT molecular complexity index is 423. The molecule has 100 valence electrons. The molecule has 0 aromatic heterocycles. The van der Waals surface area contributed by atoms with Crippen LogP contribution in [0.2, 0.25) is 0 Å². The van der Waals surface area contributed by atoms with Gasteiger partial charge in [0.05, 0.1) is 13.7 Å². The molecular formula is C13H20N2O3.